The van der Waals surface area contributed by atoms with Crippen LogP contribution in [0.15, 0.2) is 36.5 Å². The van der Waals surface area contributed by atoms with Crippen LogP contribution < -0.4 is 11.1 Å². The number of hydrogen-bond acceptors (Lipinski definition) is 4. The van der Waals surface area contributed by atoms with Gasteiger partial charge in [0.2, 0.25) is 0 Å². The third-order valence-electron chi connectivity index (χ3n) is 5.66. The molecule has 0 saturated carbocycles. The summed E-state index contributed by atoms with van der Waals surface area (Å²) in [5.41, 5.74) is 13.0. The number of nitrogen functional groups attached to an aromatic ring is 1. The average molecular weight is 464 g/mol. The smallest absolute Gasteiger partial charge is 0.131 e. The lowest BCUT2D eigenvalue weighted by Gasteiger charge is -2.22. The second-order valence-corrected chi connectivity index (χ2v) is 10.1. The Morgan fingerprint density at radius 3 is 2.24 bits per heavy atom. The molecule has 3 N–H and O–H groups in total. The van der Waals surface area contributed by atoms with Crippen molar-refractivity contribution in [2.75, 3.05) is 11.1 Å². The summed E-state index contributed by atoms with van der Waals surface area (Å²) in [6.07, 6.45) is 8.26. The minimum Gasteiger partial charge on any atom is -0.399 e. The van der Waals surface area contributed by atoms with Crippen LogP contribution in [-0.2, 0) is 31.2 Å². The van der Waals surface area contributed by atoms with Crippen LogP contribution in [0, 0.1) is 6.92 Å². The molecule has 2 aromatic heterocycles. The Morgan fingerprint density at radius 1 is 0.912 bits per heavy atom. The van der Waals surface area contributed by atoms with Crippen molar-refractivity contribution in [2.24, 2.45) is 0 Å². The first-order valence-electron chi connectivity index (χ1n) is 12.8. The summed E-state index contributed by atoms with van der Waals surface area (Å²) in [6, 6.07) is 10.5. The van der Waals surface area contributed by atoms with Crippen LogP contribution in [0.2, 0.25) is 0 Å². The fourth-order valence-corrected chi connectivity index (χ4v) is 3.92. The standard InChI is InChI=1S/C26H37N5.C3H8/c1-7-9-21-15-24(28-17-19(21)8-2)29-25-16-23(30-31(25)26(4,5)6)13-11-20-14-22(27)12-10-18(20)3;1-3-2/h10,12,14-17H,7-9,11,13,27H2,1-6H3,(H,28,29);3H2,1-2H3. The molecule has 2 heterocycles. The van der Waals surface area contributed by atoms with Gasteiger partial charge in [-0.05, 0) is 93.8 Å². The van der Waals surface area contributed by atoms with Crippen LogP contribution in [0.25, 0.3) is 0 Å². The van der Waals surface area contributed by atoms with Gasteiger partial charge in [-0.2, -0.15) is 5.10 Å². The van der Waals surface area contributed by atoms with E-state index in [0.717, 1.165) is 55.1 Å². The molecule has 0 spiro atoms. The molecule has 3 aromatic rings. The van der Waals surface area contributed by atoms with Gasteiger partial charge >= 0.3 is 0 Å². The molecule has 0 bridgehead atoms. The third kappa shape index (κ3) is 7.61. The summed E-state index contributed by atoms with van der Waals surface area (Å²) in [7, 11) is 0. The quantitative estimate of drug-likeness (QED) is 0.342. The number of aromatic nitrogens is 3. The molecule has 1 aromatic carbocycles. The van der Waals surface area contributed by atoms with Crippen molar-refractivity contribution in [1.82, 2.24) is 14.8 Å². The van der Waals surface area contributed by atoms with Crippen molar-refractivity contribution in [1.29, 1.82) is 0 Å². The molecule has 3 rings (SSSR count). The number of rotatable bonds is 8. The van der Waals surface area contributed by atoms with Crippen LogP contribution in [0.1, 0.15) is 89.3 Å². The molecule has 0 unspecified atom stereocenters. The van der Waals surface area contributed by atoms with Gasteiger partial charge in [0.05, 0.1) is 11.2 Å². The Kier molecular flexibility index (Phi) is 10.2. The highest BCUT2D eigenvalue weighted by atomic mass is 15.4. The number of aryl methyl sites for hydroxylation is 5. The number of nitrogens with one attached hydrogen (secondary N) is 1. The van der Waals surface area contributed by atoms with Crippen molar-refractivity contribution in [3.8, 4) is 0 Å². The average Bonchev–Trinajstić information content (AvgIpc) is 3.19. The molecule has 5 nitrogen and oxygen atoms in total. The summed E-state index contributed by atoms with van der Waals surface area (Å²) >= 11 is 0. The lowest BCUT2D eigenvalue weighted by molar-refractivity contribution is 0.358. The summed E-state index contributed by atoms with van der Waals surface area (Å²) < 4.78 is 2.07. The van der Waals surface area contributed by atoms with Gasteiger partial charge in [0, 0.05) is 18.0 Å². The maximum absolute atomic E-state index is 5.99. The van der Waals surface area contributed by atoms with Gasteiger partial charge in [-0.15, -0.1) is 0 Å². The summed E-state index contributed by atoms with van der Waals surface area (Å²) in [5.74, 6) is 1.86. The molecular weight excluding hydrogens is 418 g/mol. The fourth-order valence-electron chi connectivity index (χ4n) is 3.92. The van der Waals surface area contributed by atoms with Gasteiger partial charge < -0.3 is 11.1 Å². The maximum Gasteiger partial charge on any atom is 0.131 e. The van der Waals surface area contributed by atoms with Gasteiger partial charge in [0.1, 0.15) is 11.6 Å². The number of nitrogens with two attached hydrogens (primary N) is 1. The Balaban J connectivity index is 0.00000129. The van der Waals surface area contributed by atoms with E-state index in [1.165, 1.54) is 28.7 Å². The van der Waals surface area contributed by atoms with Gasteiger partial charge in [-0.3, -0.25) is 0 Å². The number of benzene rings is 1. The first-order chi connectivity index (χ1) is 16.1. The minimum absolute atomic E-state index is 0.136. The van der Waals surface area contributed by atoms with E-state index in [4.69, 9.17) is 10.8 Å². The van der Waals surface area contributed by atoms with Gasteiger partial charge in [-0.25, -0.2) is 9.67 Å². The highest BCUT2D eigenvalue weighted by molar-refractivity contribution is 5.55. The van der Waals surface area contributed by atoms with E-state index >= 15 is 0 Å². The van der Waals surface area contributed by atoms with Crippen LogP contribution in [0.4, 0.5) is 17.3 Å². The molecule has 186 valence electrons. The molecule has 0 aliphatic rings. The second kappa shape index (κ2) is 12.6. The molecular formula is C29H45N5. The van der Waals surface area contributed by atoms with E-state index in [1.807, 2.05) is 12.3 Å². The molecule has 5 heteroatoms. The van der Waals surface area contributed by atoms with E-state index in [1.54, 1.807) is 0 Å². The second-order valence-electron chi connectivity index (χ2n) is 10.1. The van der Waals surface area contributed by atoms with E-state index in [-0.39, 0.29) is 5.54 Å². The normalized spacial score (nSPS) is 11.2. The van der Waals surface area contributed by atoms with Crippen LogP contribution >= 0.6 is 0 Å². The van der Waals surface area contributed by atoms with Gasteiger partial charge in [0.15, 0.2) is 0 Å². The fraction of sp³-hybridized carbons (Fsp3) is 0.517. The lowest BCUT2D eigenvalue weighted by Crippen LogP contribution is -2.24. The van der Waals surface area contributed by atoms with Crippen molar-refractivity contribution >= 4 is 17.3 Å². The highest BCUT2D eigenvalue weighted by Gasteiger charge is 2.20. The molecule has 0 aliphatic heterocycles. The summed E-state index contributed by atoms with van der Waals surface area (Å²) in [5, 5.41) is 8.47. The first-order valence-corrected chi connectivity index (χ1v) is 12.8. The zero-order valence-corrected chi connectivity index (χ0v) is 22.6. The number of nitrogens with zero attached hydrogens (tertiary/aromatic N) is 3. The van der Waals surface area contributed by atoms with E-state index in [9.17, 15) is 0 Å². The van der Waals surface area contributed by atoms with Gasteiger partial charge in [-0.1, -0.05) is 46.6 Å². The van der Waals surface area contributed by atoms with Crippen molar-refractivity contribution in [3.05, 3.63) is 64.5 Å². The molecule has 0 saturated heterocycles. The van der Waals surface area contributed by atoms with Crippen molar-refractivity contribution in [2.45, 2.75) is 99.5 Å². The first kappa shape index (κ1) is 27.4. The van der Waals surface area contributed by atoms with Crippen molar-refractivity contribution in [3.63, 3.8) is 0 Å². The van der Waals surface area contributed by atoms with E-state index < -0.39 is 0 Å². The van der Waals surface area contributed by atoms with E-state index in [0.29, 0.717) is 0 Å². The molecule has 0 atom stereocenters. The summed E-state index contributed by atoms with van der Waals surface area (Å²) in [4.78, 5) is 4.67. The SMILES string of the molecule is CCC.CCCc1cc(Nc2cc(CCc3cc(N)ccc3C)nn2C(C)(C)C)ncc1CC. The highest BCUT2D eigenvalue weighted by Crippen LogP contribution is 2.26. The number of hydrogen-bond donors (Lipinski definition) is 2. The number of pyridine rings is 1. The largest absolute Gasteiger partial charge is 0.399 e. The zero-order valence-electron chi connectivity index (χ0n) is 22.6. The van der Waals surface area contributed by atoms with Crippen LogP contribution in [0.3, 0.4) is 0 Å². The topological polar surface area (TPSA) is 68.8 Å². The Hall–Kier alpha value is -2.82. The van der Waals surface area contributed by atoms with Crippen molar-refractivity contribution < 1.29 is 0 Å². The molecule has 34 heavy (non-hydrogen) atoms. The lowest BCUT2D eigenvalue weighted by atomic mass is 10.0. The molecule has 0 radical (unpaired) electrons. The van der Waals surface area contributed by atoms with Crippen LogP contribution in [0.5, 0.6) is 0 Å². The van der Waals surface area contributed by atoms with E-state index in [2.05, 4.69) is 94.6 Å². The number of anilines is 3. The third-order valence-corrected chi connectivity index (χ3v) is 5.66. The Labute approximate surface area is 207 Å². The molecule has 0 aliphatic carbocycles. The minimum atomic E-state index is -0.136. The summed E-state index contributed by atoms with van der Waals surface area (Å²) in [6.45, 7) is 17.3. The molecule has 0 amide bonds. The Bertz CT molecular complexity index is 1040. The predicted molar refractivity (Wildman–Crippen MR) is 147 cm³/mol. The Morgan fingerprint density at radius 2 is 1.62 bits per heavy atom. The predicted octanol–water partition coefficient (Wildman–Crippen LogP) is 7.38. The zero-order chi connectivity index (χ0) is 25.3. The van der Waals surface area contributed by atoms with Crippen LogP contribution in [-0.4, -0.2) is 14.8 Å². The maximum atomic E-state index is 5.99. The van der Waals surface area contributed by atoms with Gasteiger partial charge in [0.25, 0.3) is 0 Å². The monoisotopic (exact) mass is 463 g/mol. The molecule has 0 fully saturated rings.